The molecule has 3 amide bonds. The van der Waals surface area contributed by atoms with Crippen LogP contribution in [0.25, 0.3) is 22.1 Å². The van der Waals surface area contributed by atoms with Gasteiger partial charge >= 0.3 is 12.1 Å². The van der Waals surface area contributed by atoms with E-state index in [-0.39, 0.29) is 56.0 Å². The van der Waals surface area contributed by atoms with E-state index in [0.717, 1.165) is 30.0 Å². The second-order valence-corrected chi connectivity index (χ2v) is 9.04. The van der Waals surface area contributed by atoms with Crippen LogP contribution in [0, 0.1) is 11.3 Å². The molecule has 0 fully saturated rings. The summed E-state index contributed by atoms with van der Waals surface area (Å²) in [4.78, 5) is 49.6. The Hall–Kier alpha value is -5.71. The first-order valence-corrected chi connectivity index (χ1v) is 12.0. The van der Waals surface area contributed by atoms with Gasteiger partial charge in [0.05, 0.1) is 39.5 Å². The number of hydrogen-bond donors (Lipinski definition) is 3. The van der Waals surface area contributed by atoms with E-state index < -0.39 is 35.4 Å². The Morgan fingerprint density at radius 2 is 1.69 bits per heavy atom. The van der Waals surface area contributed by atoms with E-state index in [9.17, 15) is 37.5 Å². The molecule has 0 atom stereocenters. The Morgan fingerprint density at radius 3 is 2.29 bits per heavy atom. The maximum Gasteiger partial charge on any atom is 0.417 e. The van der Waals surface area contributed by atoms with Gasteiger partial charge in [-0.3, -0.25) is 14.4 Å². The molecule has 0 bridgehead atoms. The third-order valence-electron chi connectivity index (χ3n) is 6.22. The topological polar surface area (TPSA) is 166 Å². The van der Waals surface area contributed by atoms with Gasteiger partial charge < -0.3 is 25.2 Å². The Balaban J connectivity index is 1.89. The van der Waals surface area contributed by atoms with E-state index in [1.807, 2.05) is 0 Å². The van der Waals surface area contributed by atoms with Gasteiger partial charge in [-0.2, -0.15) is 18.4 Å². The molecule has 42 heavy (non-hydrogen) atoms. The summed E-state index contributed by atoms with van der Waals surface area (Å²) >= 11 is 0. The second-order valence-electron chi connectivity index (χ2n) is 9.04. The molecule has 3 N–H and O–H groups in total. The SMILES string of the molecule is CC(=O)Nc1cc2onc(C(=O)Nc3ccc(C#N)cc3C(=O)O)c2cc1-c1ccc(N(C)C(C)=O)cc1C(F)(F)F. The number of aromatic carboxylic acids is 1. The molecule has 0 spiro atoms. The van der Waals surface area contributed by atoms with Crippen molar-refractivity contribution in [2.75, 3.05) is 22.6 Å². The van der Waals surface area contributed by atoms with Gasteiger partial charge in [-0.15, -0.1) is 0 Å². The number of hydrogen-bond acceptors (Lipinski definition) is 7. The molecule has 0 saturated carbocycles. The molecule has 4 aromatic rings. The van der Waals surface area contributed by atoms with Crippen molar-refractivity contribution >= 4 is 51.7 Å². The van der Waals surface area contributed by atoms with Crippen LogP contribution >= 0.6 is 0 Å². The number of alkyl halides is 3. The number of carboxylic acids is 1. The molecule has 14 heteroatoms. The van der Waals surface area contributed by atoms with Crippen LogP contribution in [0.15, 0.2) is 53.1 Å². The maximum atomic E-state index is 14.3. The molecule has 3 aromatic carbocycles. The monoisotopic (exact) mass is 579 g/mol. The molecule has 0 aliphatic carbocycles. The zero-order valence-corrected chi connectivity index (χ0v) is 22.1. The van der Waals surface area contributed by atoms with E-state index in [1.165, 1.54) is 44.3 Å². The molecule has 1 aromatic heterocycles. The fraction of sp³-hybridized carbons (Fsp3) is 0.143. The van der Waals surface area contributed by atoms with Crippen LogP contribution in [0.1, 0.15) is 45.8 Å². The van der Waals surface area contributed by atoms with Gasteiger partial charge in [-0.1, -0.05) is 11.2 Å². The van der Waals surface area contributed by atoms with Crippen molar-refractivity contribution in [3.8, 4) is 17.2 Å². The van der Waals surface area contributed by atoms with E-state index in [0.29, 0.717) is 0 Å². The number of halogens is 3. The Labute approximate surface area is 235 Å². The average molecular weight is 579 g/mol. The van der Waals surface area contributed by atoms with Gasteiger partial charge in [-0.05, 0) is 42.0 Å². The first-order valence-electron chi connectivity index (χ1n) is 12.0. The Bertz CT molecular complexity index is 1820. The van der Waals surface area contributed by atoms with Gasteiger partial charge in [0.1, 0.15) is 0 Å². The minimum atomic E-state index is -4.89. The lowest BCUT2D eigenvalue weighted by Gasteiger charge is -2.21. The summed E-state index contributed by atoms with van der Waals surface area (Å²) in [5, 5.41) is 27.1. The van der Waals surface area contributed by atoms with Crippen LogP contribution < -0.4 is 15.5 Å². The largest absolute Gasteiger partial charge is 0.478 e. The highest BCUT2D eigenvalue weighted by molar-refractivity contribution is 6.14. The number of rotatable bonds is 6. The molecule has 0 radical (unpaired) electrons. The number of amides is 3. The molecule has 214 valence electrons. The van der Waals surface area contributed by atoms with Crippen LogP contribution in [0.3, 0.4) is 0 Å². The van der Waals surface area contributed by atoms with Crippen molar-refractivity contribution in [2.24, 2.45) is 0 Å². The molecule has 0 saturated heterocycles. The third kappa shape index (κ3) is 5.75. The highest BCUT2D eigenvalue weighted by Gasteiger charge is 2.35. The number of carbonyl (C=O) groups excluding carboxylic acids is 3. The number of anilines is 3. The molecule has 4 rings (SSSR count). The molecule has 11 nitrogen and oxygen atoms in total. The number of nitrogens with zero attached hydrogens (tertiary/aromatic N) is 3. The smallest absolute Gasteiger partial charge is 0.417 e. The summed E-state index contributed by atoms with van der Waals surface area (Å²) in [6.45, 7) is 2.35. The third-order valence-corrected chi connectivity index (χ3v) is 6.22. The van der Waals surface area contributed by atoms with Crippen molar-refractivity contribution in [3.05, 3.63) is 70.9 Å². The van der Waals surface area contributed by atoms with Crippen LogP contribution in [0.4, 0.5) is 30.2 Å². The van der Waals surface area contributed by atoms with Crippen LogP contribution in [0.5, 0.6) is 0 Å². The number of fused-ring (bicyclic) bond motifs is 1. The van der Waals surface area contributed by atoms with Crippen molar-refractivity contribution in [2.45, 2.75) is 20.0 Å². The molecular formula is C28H20F3N5O6. The molecule has 1 heterocycles. The number of carboxylic acid groups (broad SMARTS) is 1. The van der Waals surface area contributed by atoms with E-state index in [4.69, 9.17) is 9.78 Å². The van der Waals surface area contributed by atoms with Gasteiger partial charge in [0, 0.05) is 38.2 Å². The lowest BCUT2D eigenvalue weighted by Crippen LogP contribution is -2.23. The average Bonchev–Trinajstić information content (AvgIpc) is 3.34. The fourth-order valence-electron chi connectivity index (χ4n) is 4.14. The van der Waals surface area contributed by atoms with Crippen molar-refractivity contribution in [1.29, 1.82) is 5.26 Å². The lowest BCUT2D eigenvalue weighted by atomic mass is 9.95. The molecule has 0 unspecified atom stereocenters. The summed E-state index contributed by atoms with van der Waals surface area (Å²) in [7, 11) is 1.32. The summed E-state index contributed by atoms with van der Waals surface area (Å²) in [6.07, 6.45) is -4.89. The van der Waals surface area contributed by atoms with E-state index in [1.54, 1.807) is 6.07 Å². The first kappa shape index (κ1) is 29.3. The van der Waals surface area contributed by atoms with Gasteiger partial charge in [0.25, 0.3) is 5.91 Å². The summed E-state index contributed by atoms with van der Waals surface area (Å²) in [5.41, 5.74) is -2.69. The van der Waals surface area contributed by atoms with Gasteiger partial charge in [0.15, 0.2) is 11.3 Å². The summed E-state index contributed by atoms with van der Waals surface area (Å²) in [5.74, 6) is -3.47. The number of benzene rings is 3. The first-order chi connectivity index (χ1) is 19.7. The number of aromatic nitrogens is 1. The number of carbonyl (C=O) groups is 4. The molecule has 0 aliphatic heterocycles. The highest BCUT2D eigenvalue weighted by atomic mass is 19.4. The Kier molecular flexibility index (Phi) is 7.70. The quantitative estimate of drug-likeness (QED) is 0.278. The normalized spacial score (nSPS) is 11.1. The lowest BCUT2D eigenvalue weighted by molar-refractivity contribution is -0.137. The fourth-order valence-corrected chi connectivity index (χ4v) is 4.14. The van der Waals surface area contributed by atoms with E-state index in [2.05, 4.69) is 15.8 Å². The molecule has 0 aliphatic rings. The Morgan fingerprint density at radius 1 is 0.976 bits per heavy atom. The summed E-state index contributed by atoms with van der Waals surface area (Å²) in [6, 6.07) is 10.9. The van der Waals surface area contributed by atoms with Gasteiger partial charge in [0.2, 0.25) is 11.8 Å². The van der Waals surface area contributed by atoms with Crippen molar-refractivity contribution in [3.63, 3.8) is 0 Å². The van der Waals surface area contributed by atoms with E-state index >= 15 is 0 Å². The summed E-state index contributed by atoms with van der Waals surface area (Å²) < 4.78 is 48.1. The van der Waals surface area contributed by atoms with Crippen molar-refractivity contribution < 1.29 is 42.0 Å². The molecular weight excluding hydrogens is 559 g/mol. The van der Waals surface area contributed by atoms with Crippen molar-refractivity contribution in [1.82, 2.24) is 5.16 Å². The predicted octanol–water partition coefficient (Wildman–Crippen LogP) is 5.28. The number of nitriles is 1. The minimum Gasteiger partial charge on any atom is -0.478 e. The minimum absolute atomic E-state index is 0.0255. The highest BCUT2D eigenvalue weighted by Crippen LogP contribution is 2.43. The second kappa shape index (κ2) is 11.0. The standard InChI is InChI=1S/C28H20F3N5O6/c1-13(37)33-23-11-24-20(10-18(23)17-6-5-16(36(3)14(2)38)9-21(17)28(29,30)31)25(35-42-24)26(39)34-22-7-4-15(12-32)8-19(22)27(40)41/h4-11H,1-3H3,(H,33,37)(H,34,39)(H,40,41). The van der Waals surface area contributed by atoms with Crippen LogP contribution in [0.2, 0.25) is 0 Å². The van der Waals surface area contributed by atoms with Crippen LogP contribution in [-0.2, 0) is 15.8 Å². The van der Waals surface area contributed by atoms with Gasteiger partial charge in [-0.25, -0.2) is 4.79 Å². The number of nitrogens with one attached hydrogen (secondary N) is 2. The zero-order valence-electron chi connectivity index (χ0n) is 22.1. The van der Waals surface area contributed by atoms with Crippen LogP contribution in [-0.4, -0.2) is 41.0 Å². The predicted molar refractivity (Wildman–Crippen MR) is 144 cm³/mol. The maximum absolute atomic E-state index is 14.3. The zero-order chi connectivity index (χ0) is 30.9.